The van der Waals surface area contributed by atoms with Crippen molar-refractivity contribution in [3.63, 3.8) is 0 Å². The number of methoxy groups -OCH3 is 1. The Morgan fingerprint density at radius 3 is 2.67 bits per heavy atom. The summed E-state index contributed by atoms with van der Waals surface area (Å²) < 4.78 is 5.18. The third-order valence-electron chi connectivity index (χ3n) is 5.28. The Bertz CT molecular complexity index is 1230. The number of fused-ring (bicyclic) bond motifs is 3. The van der Waals surface area contributed by atoms with Crippen molar-refractivity contribution in [1.82, 2.24) is 15.2 Å². The van der Waals surface area contributed by atoms with Crippen molar-refractivity contribution in [2.45, 2.75) is 11.6 Å². The molecule has 1 aromatic heterocycles. The van der Waals surface area contributed by atoms with E-state index < -0.39 is 0 Å². The molecule has 0 fully saturated rings. The van der Waals surface area contributed by atoms with E-state index in [9.17, 15) is 4.79 Å². The number of H-pyrrole nitrogens is 1. The first kappa shape index (κ1) is 18.6. The van der Waals surface area contributed by atoms with Gasteiger partial charge in [-0.3, -0.25) is 9.89 Å². The Kier molecular flexibility index (Phi) is 4.85. The summed E-state index contributed by atoms with van der Waals surface area (Å²) in [4.78, 5) is 17.2. The summed E-state index contributed by atoms with van der Waals surface area (Å²) in [5.41, 5.74) is 6.69. The van der Waals surface area contributed by atoms with Crippen LogP contribution in [0.3, 0.4) is 0 Å². The van der Waals surface area contributed by atoms with Crippen LogP contribution in [0.25, 0.3) is 22.5 Å². The van der Waals surface area contributed by atoms with Crippen LogP contribution in [0.5, 0.6) is 5.75 Å². The van der Waals surface area contributed by atoms with Crippen LogP contribution in [-0.4, -0.2) is 33.8 Å². The van der Waals surface area contributed by atoms with Crippen molar-refractivity contribution in [2.24, 2.45) is 0 Å². The predicted octanol–water partition coefficient (Wildman–Crippen LogP) is 5.03. The lowest BCUT2D eigenvalue weighted by Gasteiger charge is -2.04. The summed E-state index contributed by atoms with van der Waals surface area (Å²) in [6.45, 7) is 0. The molecule has 6 heteroatoms. The zero-order valence-corrected chi connectivity index (χ0v) is 17.2. The number of carbonyl (C=O) groups is 1. The number of hydrogen-bond acceptors (Lipinski definition) is 5. The van der Waals surface area contributed by atoms with Gasteiger partial charge in [0.15, 0.2) is 11.6 Å². The molecule has 0 spiro atoms. The molecule has 0 bridgehead atoms. The lowest BCUT2D eigenvalue weighted by Crippen LogP contribution is -2.03. The SMILES string of the molecule is COc1ccc(-c2nc(SCC(=O)c3ccc4c(c3)Cc3ccccc3-4)n[nH]2)cc1. The molecule has 5 rings (SSSR count). The van der Waals surface area contributed by atoms with E-state index in [1.54, 1.807) is 7.11 Å². The van der Waals surface area contributed by atoms with E-state index in [1.807, 2.05) is 36.4 Å². The molecule has 0 aliphatic heterocycles. The van der Waals surface area contributed by atoms with Crippen LogP contribution < -0.4 is 4.74 Å². The molecule has 0 atom stereocenters. The van der Waals surface area contributed by atoms with Gasteiger partial charge < -0.3 is 4.74 Å². The van der Waals surface area contributed by atoms with Gasteiger partial charge in [0.2, 0.25) is 5.16 Å². The molecule has 148 valence electrons. The fraction of sp³-hybridized carbons (Fsp3) is 0.125. The molecular weight excluding hydrogens is 394 g/mol. The van der Waals surface area contributed by atoms with E-state index in [4.69, 9.17) is 4.74 Å². The Morgan fingerprint density at radius 2 is 1.83 bits per heavy atom. The molecule has 1 N–H and O–H groups in total. The highest BCUT2D eigenvalue weighted by Gasteiger charge is 2.19. The van der Waals surface area contributed by atoms with E-state index in [0.29, 0.717) is 16.7 Å². The zero-order chi connectivity index (χ0) is 20.5. The number of aromatic amines is 1. The van der Waals surface area contributed by atoms with Gasteiger partial charge in [0.1, 0.15) is 5.75 Å². The maximum atomic E-state index is 12.7. The molecule has 30 heavy (non-hydrogen) atoms. The highest BCUT2D eigenvalue weighted by atomic mass is 32.2. The second kappa shape index (κ2) is 7.80. The molecule has 3 aromatic carbocycles. The van der Waals surface area contributed by atoms with Gasteiger partial charge in [-0.25, -0.2) is 4.98 Å². The maximum Gasteiger partial charge on any atom is 0.209 e. The summed E-state index contributed by atoms with van der Waals surface area (Å²) >= 11 is 1.34. The molecule has 5 nitrogen and oxygen atoms in total. The lowest BCUT2D eigenvalue weighted by atomic mass is 10.0. The molecular formula is C24H19N3O2S. The number of nitrogens with zero attached hydrogens (tertiary/aromatic N) is 2. The first-order valence-electron chi connectivity index (χ1n) is 9.65. The fourth-order valence-corrected chi connectivity index (χ4v) is 4.41. The average Bonchev–Trinajstić information content (AvgIpc) is 3.41. The largest absolute Gasteiger partial charge is 0.497 e. The van der Waals surface area contributed by atoms with Crippen LogP contribution in [0.1, 0.15) is 21.5 Å². The number of benzene rings is 3. The van der Waals surface area contributed by atoms with Gasteiger partial charge in [0, 0.05) is 11.1 Å². The van der Waals surface area contributed by atoms with Crippen molar-refractivity contribution in [3.05, 3.63) is 83.4 Å². The highest BCUT2D eigenvalue weighted by molar-refractivity contribution is 7.99. The lowest BCUT2D eigenvalue weighted by molar-refractivity contribution is 0.102. The summed E-state index contributed by atoms with van der Waals surface area (Å²) in [6, 6.07) is 22.0. The van der Waals surface area contributed by atoms with Crippen LogP contribution >= 0.6 is 11.8 Å². The van der Waals surface area contributed by atoms with E-state index in [1.165, 1.54) is 34.0 Å². The minimum Gasteiger partial charge on any atom is -0.497 e. The Hall–Kier alpha value is -3.38. The number of carbonyl (C=O) groups excluding carboxylic acids is 1. The van der Waals surface area contributed by atoms with Crippen molar-refractivity contribution < 1.29 is 9.53 Å². The molecule has 0 amide bonds. The van der Waals surface area contributed by atoms with Crippen molar-refractivity contribution in [1.29, 1.82) is 0 Å². The van der Waals surface area contributed by atoms with Crippen LogP contribution in [0.15, 0.2) is 71.9 Å². The Morgan fingerprint density at radius 1 is 1.03 bits per heavy atom. The van der Waals surface area contributed by atoms with Crippen molar-refractivity contribution >= 4 is 17.5 Å². The Labute approximate surface area is 178 Å². The summed E-state index contributed by atoms with van der Waals surface area (Å²) in [5.74, 6) is 1.83. The van der Waals surface area contributed by atoms with Crippen molar-refractivity contribution in [3.8, 4) is 28.3 Å². The minimum absolute atomic E-state index is 0.0783. The highest BCUT2D eigenvalue weighted by Crippen LogP contribution is 2.36. The molecule has 1 aliphatic carbocycles. The Balaban J connectivity index is 1.26. The third-order valence-corrected chi connectivity index (χ3v) is 6.12. The quantitative estimate of drug-likeness (QED) is 0.312. The molecule has 0 saturated heterocycles. The number of hydrogen-bond donors (Lipinski definition) is 1. The molecule has 0 saturated carbocycles. The third kappa shape index (κ3) is 3.50. The standard InChI is InChI=1S/C24H19N3O2S/c1-29-19-9-6-15(7-10-19)23-25-24(27-26-23)30-14-22(28)17-8-11-21-18(13-17)12-16-4-2-3-5-20(16)21/h2-11,13H,12,14H2,1H3,(H,25,26,27). The van der Waals surface area contributed by atoms with E-state index in [0.717, 1.165) is 23.3 Å². The second-order valence-corrected chi connectivity index (χ2v) is 8.06. The van der Waals surface area contributed by atoms with E-state index in [2.05, 4.69) is 45.5 Å². The van der Waals surface area contributed by atoms with Crippen LogP contribution in [0.2, 0.25) is 0 Å². The number of nitrogens with one attached hydrogen (secondary N) is 1. The van der Waals surface area contributed by atoms with Crippen LogP contribution in [0.4, 0.5) is 0 Å². The number of Topliss-reactive ketones (excluding diaryl/α,β-unsaturated/α-hetero) is 1. The predicted molar refractivity (Wildman–Crippen MR) is 118 cm³/mol. The number of aromatic nitrogens is 3. The monoisotopic (exact) mass is 413 g/mol. The molecule has 1 heterocycles. The summed E-state index contributed by atoms with van der Waals surface area (Å²) in [6.07, 6.45) is 0.881. The average molecular weight is 414 g/mol. The molecule has 0 unspecified atom stereocenters. The maximum absolute atomic E-state index is 12.7. The topological polar surface area (TPSA) is 67.9 Å². The van der Waals surface area contributed by atoms with Gasteiger partial charge in [0.05, 0.1) is 12.9 Å². The number of ketones is 1. The van der Waals surface area contributed by atoms with Gasteiger partial charge in [-0.15, -0.1) is 5.10 Å². The first-order valence-corrected chi connectivity index (χ1v) is 10.6. The van der Waals surface area contributed by atoms with Gasteiger partial charge >= 0.3 is 0 Å². The van der Waals surface area contributed by atoms with Gasteiger partial charge in [-0.1, -0.05) is 48.2 Å². The number of thioether (sulfide) groups is 1. The molecule has 4 aromatic rings. The van der Waals surface area contributed by atoms with Crippen LogP contribution in [-0.2, 0) is 6.42 Å². The normalized spacial score (nSPS) is 11.8. The zero-order valence-electron chi connectivity index (χ0n) is 16.4. The minimum atomic E-state index is 0.0783. The van der Waals surface area contributed by atoms with E-state index in [-0.39, 0.29) is 5.78 Å². The van der Waals surface area contributed by atoms with Gasteiger partial charge in [-0.05, 0) is 59.0 Å². The molecule has 0 radical (unpaired) electrons. The summed E-state index contributed by atoms with van der Waals surface area (Å²) in [7, 11) is 1.63. The number of rotatable bonds is 6. The second-order valence-electron chi connectivity index (χ2n) is 7.11. The smallest absolute Gasteiger partial charge is 0.209 e. The molecule has 1 aliphatic rings. The van der Waals surface area contributed by atoms with Crippen LogP contribution in [0, 0.1) is 0 Å². The van der Waals surface area contributed by atoms with E-state index >= 15 is 0 Å². The van der Waals surface area contributed by atoms with Gasteiger partial charge in [0.25, 0.3) is 0 Å². The fourth-order valence-electron chi connectivity index (χ4n) is 3.72. The number of ether oxygens (including phenoxy) is 1. The first-order chi connectivity index (χ1) is 14.7. The van der Waals surface area contributed by atoms with Gasteiger partial charge in [-0.2, -0.15) is 0 Å². The summed E-state index contributed by atoms with van der Waals surface area (Å²) in [5, 5.41) is 7.72. The van der Waals surface area contributed by atoms with Crippen molar-refractivity contribution in [2.75, 3.05) is 12.9 Å².